The zero-order chi connectivity index (χ0) is 25.1. The highest BCUT2D eigenvalue weighted by molar-refractivity contribution is 5.97. The van der Waals surface area contributed by atoms with Crippen LogP contribution in [0.4, 0.5) is 11.4 Å². The molecule has 2 aromatic rings. The Morgan fingerprint density at radius 2 is 1.91 bits per heavy atom. The predicted molar refractivity (Wildman–Crippen MR) is 142 cm³/mol. The number of aryl methyl sites for hydroxylation is 1. The van der Waals surface area contributed by atoms with E-state index in [4.69, 9.17) is 4.74 Å². The summed E-state index contributed by atoms with van der Waals surface area (Å²) in [5.74, 6) is 1.17. The zero-order valence-electron chi connectivity index (χ0n) is 21.2. The van der Waals surface area contributed by atoms with Crippen molar-refractivity contribution in [3.8, 4) is 5.75 Å². The minimum Gasteiger partial charge on any atom is -0.494 e. The van der Waals surface area contributed by atoms with E-state index in [1.807, 2.05) is 32.9 Å². The molecule has 1 heterocycles. The second kappa shape index (κ2) is 13.2. The Morgan fingerprint density at radius 3 is 2.50 bits per heavy atom. The number of carbonyl (C=O) groups excluding carboxylic acids is 1. The van der Waals surface area contributed by atoms with Gasteiger partial charge in [0.25, 0.3) is 5.91 Å². The van der Waals surface area contributed by atoms with Crippen LogP contribution in [-0.2, 0) is 0 Å². The van der Waals surface area contributed by atoms with Gasteiger partial charge < -0.3 is 20.3 Å². The van der Waals surface area contributed by atoms with Crippen LogP contribution < -0.4 is 20.3 Å². The average molecular weight is 464 g/mol. The summed E-state index contributed by atoms with van der Waals surface area (Å²) in [6.45, 7) is 15.9. The van der Waals surface area contributed by atoms with Crippen LogP contribution in [0.2, 0.25) is 0 Å². The lowest BCUT2D eigenvalue weighted by atomic mass is 10.1. The number of nitrogens with zero attached hydrogens (tertiary/aromatic N) is 3. The fraction of sp³-hybridized carbons (Fsp3) is 0.370. The molecule has 2 N–H and O–H groups in total. The number of aliphatic imine (C=N–C) groups is 1. The first-order chi connectivity index (χ1) is 16.3. The molecule has 7 nitrogen and oxygen atoms in total. The molecule has 1 amide bonds. The number of pyridine rings is 1. The molecule has 0 saturated carbocycles. The highest BCUT2D eigenvalue weighted by atomic mass is 16.5. The largest absolute Gasteiger partial charge is 0.494 e. The molecule has 1 aromatic heterocycles. The topological polar surface area (TPSA) is 78.9 Å². The number of rotatable bonds is 11. The minimum atomic E-state index is -0.226. The van der Waals surface area contributed by atoms with Crippen LogP contribution in [-0.4, -0.2) is 36.9 Å². The van der Waals surface area contributed by atoms with Crippen LogP contribution in [0.1, 0.15) is 56.5 Å². The second-order valence-corrected chi connectivity index (χ2v) is 8.18. The SMILES string of the molecule is C=C(C)/C(=C\N=C(C)Nc1ccc(N(CCC)CCC)cc1OC)NC(=O)c1ccncc1C. The molecule has 7 heteroatoms. The number of hydrogen-bond donors (Lipinski definition) is 2. The summed E-state index contributed by atoms with van der Waals surface area (Å²) in [7, 11) is 1.66. The Bertz CT molecular complexity index is 1050. The van der Waals surface area contributed by atoms with Gasteiger partial charge in [0.05, 0.1) is 24.7 Å². The third-order valence-electron chi connectivity index (χ3n) is 5.21. The molecule has 0 spiro atoms. The van der Waals surface area contributed by atoms with Gasteiger partial charge in [-0.1, -0.05) is 20.4 Å². The van der Waals surface area contributed by atoms with E-state index in [0.29, 0.717) is 22.7 Å². The minimum absolute atomic E-state index is 0.226. The second-order valence-electron chi connectivity index (χ2n) is 8.18. The van der Waals surface area contributed by atoms with E-state index >= 15 is 0 Å². The van der Waals surface area contributed by atoms with Gasteiger partial charge in [-0.3, -0.25) is 9.78 Å². The van der Waals surface area contributed by atoms with Crippen molar-refractivity contribution in [3.05, 3.63) is 71.8 Å². The highest BCUT2D eigenvalue weighted by Crippen LogP contribution is 2.30. The monoisotopic (exact) mass is 463 g/mol. The van der Waals surface area contributed by atoms with Gasteiger partial charge in [-0.15, -0.1) is 0 Å². The number of carbonyl (C=O) groups is 1. The molecule has 182 valence electrons. The zero-order valence-corrected chi connectivity index (χ0v) is 21.2. The number of benzene rings is 1. The first-order valence-corrected chi connectivity index (χ1v) is 11.6. The van der Waals surface area contributed by atoms with Crippen LogP contribution in [0, 0.1) is 6.92 Å². The van der Waals surface area contributed by atoms with Crippen molar-refractivity contribution in [1.29, 1.82) is 0 Å². The lowest BCUT2D eigenvalue weighted by Crippen LogP contribution is -2.24. The maximum Gasteiger partial charge on any atom is 0.256 e. The van der Waals surface area contributed by atoms with Gasteiger partial charge in [0.2, 0.25) is 0 Å². The van der Waals surface area contributed by atoms with Crippen molar-refractivity contribution in [3.63, 3.8) is 0 Å². The fourth-order valence-corrected chi connectivity index (χ4v) is 3.45. The van der Waals surface area contributed by atoms with Crippen LogP contribution in [0.15, 0.2) is 65.7 Å². The van der Waals surface area contributed by atoms with Crippen molar-refractivity contribution >= 4 is 23.1 Å². The molecule has 0 radical (unpaired) electrons. The summed E-state index contributed by atoms with van der Waals surface area (Å²) < 4.78 is 5.63. The quantitative estimate of drug-likeness (QED) is 0.254. The van der Waals surface area contributed by atoms with Crippen molar-refractivity contribution < 1.29 is 9.53 Å². The molecule has 0 fully saturated rings. The van der Waals surface area contributed by atoms with Gasteiger partial charge in [0.15, 0.2) is 0 Å². The van der Waals surface area contributed by atoms with Crippen molar-refractivity contribution in [2.75, 3.05) is 30.4 Å². The number of amidine groups is 1. The van der Waals surface area contributed by atoms with E-state index in [9.17, 15) is 4.79 Å². The molecule has 2 rings (SSSR count). The van der Waals surface area contributed by atoms with Crippen LogP contribution >= 0.6 is 0 Å². The van der Waals surface area contributed by atoms with Gasteiger partial charge in [0.1, 0.15) is 11.6 Å². The molecule has 0 saturated heterocycles. The molecule has 0 bridgehead atoms. The number of methoxy groups -OCH3 is 1. The van der Waals surface area contributed by atoms with Gasteiger partial charge in [0, 0.05) is 42.8 Å². The van der Waals surface area contributed by atoms with E-state index in [0.717, 1.165) is 48.6 Å². The normalized spacial score (nSPS) is 11.7. The Morgan fingerprint density at radius 1 is 1.21 bits per heavy atom. The van der Waals surface area contributed by atoms with E-state index in [1.165, 1.54) is 0 Å². The van der Waals surface area contributed by atoms with Crippen LogP contribution in [0.25, 0.3) is 0 Å². The Kier molecular flexibility index (Phi) is 10.3. The first kappa shape index (κ1) is 26.6. The number of allylic oxidation sites excluding steroid dienone is 1. The van der Waals surface area contributed by atoms with E-state index < -0.39 is 0 Å². The molecule has 0 unspecified atom stereocenters. The van der Waals surface area contributed by atoms with Crippen molar-refractivity contribution in [1.82, 2.24) is 10.3 Å². The summed E-state index contributed by atoms with van der Waals surface area (Å²) >= 11 is 0. The maximum absolute atomic E-state index is 12.7. The number of nitrogens with one attached hydrogen (secondary N) is 2. The van der Waals surface area contributed by atoms with Crippen LogP contribution in [0.5, 0.6) is 5.75 Å². The fourth-order valence-electron chi connectivity index (χ4n) is 3.45. The van der Waals surface area contributed by atoms with Gasteiger partial charge in [-0.25, -0.2) is 4.99 Å². The van der Waals surface area contributed by atoms with E-state index in [-0.39, 0.29) is 5.91 Å². The Labute approximate surface area is 203 Å². The number of anilines is 2. The summed E-state index contributed by atoms with van der Waals surface area (Å²) in [4.78, 5) is 23.6. The summed E-state index contributed by atoms with van der Waals surface area (Å²) in [5.41, 5.74) is 4.56. The third kappa shape index (κ3) is 7.47. The molecule has 0 aliphatic rings. The smallest absolute Gasteiger partial charge is 0.256 e. The van der Waals surface area contributed by atoms with E-state index in [1.54, 1.807) is 31.8 Å². The highest BCUT2D eigenvalue weighted by Gasteiger charge is 2.12. The predicted octanol–water partition coefficient (Wildman–Crippen LogP) is 5.70. The molecule has 0 atom stereocenters. The number of aromatic nitrogens is 1. The lowest BCUT2D eigenvalue weighted by Gasteiger charge is -2.25. The molecular weight excluding hydrogens is 426 g/mol. The standard InChI is InChI=1S/C27H37N5O2/c1-8-14-32(15-9-2)22-10-11-24(26(16-22)34-7)30-21(6)29-18-25(19(3)4)31-27(33)23-12-13-28-17-20(23)5/h10-13,16-18H,3,8-9,14-15H2,1-2,4-7H3,(H,29,30)(H,31,33)/b25-18+. The van der Waals surface area contributed by atoms with Crippen molar-refractivity contribution in [2.24, 2.45) is 4.99 Å². The average Bonchev–Trinajstić information content (AvgIpc) is 2.81. The number of ether oxygens (including phenoxy) is 1. The van der Waals surface area contributed by atoms with Gasteiger partial charge >= 0.3 is 0 Å². The summed E-state index contributed by atoms with van der Waals surface area (Å²) in [6.07, 6.45) is 7.03. The molecule has 34 heavy (non-hydrogen) atoms. The third-order valence-corrected chi connectivity index (χ3v) is 5.21. The van der Waals surface area contributed by atoms with Gasteiger partial charge in [-0.05, 0) is 62.9 Å². The molecule has 0 aliphatic carbocycles. The number of hydrogen-bond acceptors (Lipinski definition) is 5. The summed E-state index contributed by atoms with van der Waals surface area (Å²) in [5, 5.41) is 6.18. The Hall–Kier alpha value is -3.61. The molecular formula is C27H37N5O2. The molecule has 1 aromatic carbocycles. The van der Waals surface area contributed by atoms with Crippen molar-refractivity contribution in [2.45, 2.75) is 47.5 Å². The van der Waals surface area contributed by atoms with Gasteiger partial charge in [-0.2, -0.15) is 0 Å². The summed E-state index contributed by atoms with van der Waals surface area (Å²) in [6, 6.07) is 7.83. The molecule has 0 aliphatic heterocycles. The maximum atomic E-state index is 12.7. The lowest BCUT2D eigenvalue weighted by molar-refractivity contribution is 0.0965. The van der Waals surface area contributed by atoms with E-state index in [2.05, 4.69) is 52.0 Å². The van der Waals surface area contributed by atoms with Crippen LogP contribution in [0.3, 0.4) is 0 Å². The number of amides is 1. The Balaban J connectivity index is 2.20. The first-order valence-electron chi connectivity index (χ1n) is 11.6.